The van der Waals surface area contributed by atoms with Crippen LogP contribution in [-0.2, 0) is 11.8 Å². The number of nitrogens with zero attached hydrogens (tertiary/aromatic N) is 3. The van der Waals surface area contributed by atoms with Crippen LogP contribution >= 0.6 is 0 Å². The van der Waals surface area contributed by atoms with Crippen LogP contribution in [0.1, 0.15) is 38.8 Å². The first-order valence-corrected chi connectivity index (χ1v) is 6.78. The molecule has 0 radical (unpaired) electrons. The van der Waals surface area contributed by atoms with Crippen LogP contribution < -0.4 is 5.32 Å². The van der Waals surface area contributed by atoms with Crippen LogP contribution in [0.4, 0.5) is 11.5 Å². The fourth-order valence-electron chi connectivity index (χ4n) is 2.15. The van der Waals surface area contributed by atoms with Crippen molar-refractivity contribution in [3.63, 3.8) is 0 Å². The normalized spacial score (nSPS) is 11.4. The summed E-state index contributed by atoms with van der Waals surface area (Å²) in [6, 6.07) is 0. The summed E-state index contributed by atoms with van der Waals surface area (Å²) in [6.07, 6.45) is 1.40. The third kappa shape index (κ3) is 4.73. The van der Waals surface area contributed by atoms with Gasteiger partial charge in [-0.2, -0.15) is 5.10 Å². The molecule has 1 aromatic heterocycles. The summed E-state index contributed by atoms with van der Waals surface area (Å²) in [7, 11) is 1.65. The molecule has 1 heterocycles. The van der Waals surface area contributed by atoms with Gasteiger partial charge >= 0.3 is 11.7 Å². The van der Waals surface area contributed by atoms with Crippen molar-refractivity contribution in [2.45, 2.75) is 40.0 Å². The molecule has 0 unspecified atom stereocenters. The maximum absolute atomic E-state index is 11.0. The van der Waals surface area contributed by atoms with Crippen molar-refractivity contribution in [1.82, 2.24) is 9.78 Å². The van der Waals surface area contributed by atoms with E-state index in [2.05, 4.69) is 10.4 Å². The predicted molar refractivity (Wildman–Crippen MR) is 78.4 cm³/mol. The van der Waals surface area contributed by atoms with E-state index in [0.29, 0.717) is 30.9 Å². The van der Waals surface area contributed by atoms with Crippen LogP contribution in [0.5, 0.6) is 0 Å². The highest BCUT2D eigenvalue weighted by Gasteiger charge is 2.25. The zero-order valence-corrected chi connectivity index (χ0v) is 12.8. The molecule has 0 spiro atoms. The fourth-order valence-corrected chi connectivity index (χ4v) is 2.15. The van der Waals surface area contributed by atoms with E-state index in [1.165, 1.54) is 4.68 Å². The second-order valence-electron chi connectivity index (χ2n) is 5.90. The van der Waals surface area contributed by atoms with Gasteiger partial charge in [0, 0.05) is 20.0 Å². The van der Waals surface area contributed by atoms with E-state index in [1.807, 2.05) is 13.8 Å². The van der Waals surface area contributed by atoms with Crippen molar-refractivity contribution in [1.29, 1.82) is 0 Å². The smallest absolute Gasteiger partial charge is 0.333 e. The number of aliphatic carboxylic acids is 1. The summed E-state index contributed by atoms with van der Waals surface area (Å²) in [6.45, 7) is 6.09. The van der Waals surface area contributed by atoms with Crippen LogP contribution in [-0.4, -0.2) is 32.3 Å². The second kappa shape index (κ2) is 6.55. The lowest BCUT2D eigenvalue weighted by molar-refractivity contribution is -0.384. The van der Waals surface area contributed by atoms with E-state index in [4.69, 9.17) is 5.11 Å². The molecule has 8 heteroatoms. The van der Waals surface area contributed by atoms with Gasteiger partial charge in [0.25, 0.3) is 0 Å². The number of aryl methyl sites for hydroxylation is 2. The Hall–Kier alpha value is -2.12. The fraction of sp³-hybridized carbons (Fsp3) is 0.692. The van der Waals surface area contributed by atoms with Crippen molar-refractivity contribution in [3.8, 4) is 0 Å². The molecule has 1 aromatic rings. The average molecular weight is 298 g/mol. The van der Waals surface area contributed by atoms with Gasteiger partial charge in [0.05, 0.1) is 4.92 Å². The van der Waals surface area contributed by atoms with Crippen molar-refractivity contribution in [3.05, 3.63) is 15.8 Å². The van der Waals surface area contributed by atoms with Crippen LogP contribution in [0.2, 0.25) is 0 Å². The van der Waals surface area contributed by atoms with Crippen LogP contribution in [0.25, 0.3) is 0 Å². The minimum atomic E-state index is -0.811. The van der Waals surface area contributed by atoms with Gasteiger partial charge in [-0.15, -0.1) is 0 Å². The number of nitrogens with one attached hydrogen (secondary N) is 1. The van der Waals surface area contributed by atoms with Crippen molar-refractivity contribution < 1.29 is 14.8 Å². The zero-order valence-electron chi connectivity index (χ0n) is 12.8. The van der Waals surface area contributed by atoms with E-state index in [0.717, 1.165) is 0 Å². The Morgan fingerprint density at radius 1 is 1.48 bits per heavy atom. The lowest BCUT2D eigenvalue weighted by Crippen LogP contribution is -2.19. The number of hydrogen-bond acceptors (Lipinski definition) is 5. The average Bonchev–Trinajstić information content (AvgIpc) is 2.62. The monoisotopic (exact) mass is 298 g/mol. The molecular weight excluding hydrogens is 276 g/mol. The summed E-state index contributed by atoms with van der Waals surface area (Å²) in [5, 5.41) is 26.8. The Bertz CT molecular complexity index is 537. The molecule has 0 aliphatic carbocycles. The molecule has 2 N–H and O–H groups in total. The van der Waals surface area contributed by atoms with Crippen LogP contribution in [0.3, 0.4) is 0 Å². The SMILES string of the molecule is Cc1nn(C)c(NCCC(C)(C)CCC(=O)O)c1[N+](=O)[O-]. The zero-order chi connectivity index (χ0) is 16.2. The lowest BCUT2D eigenvalue weighted by atomic mass is 9.84. The van der Waals surface area contributed by atoms with E-state index >= 15 is 0 Å². The molecule has 21 heavy (non-hydrogen) atoms. The maximum Gasteiger partial charge on any atom is 0.333 e. The molecule has 0 amide bonds. The highest BCUT2D eigenvalue weighted by Crippen LogP contribution is 2.30. The highest BCUT2D eigenvalue weighted by molar-refractivity contribution is 5.66. The minimum Gasteiger partial charge on any atom is -0.481 e. The standard InChI is InChI=1S/C13H22N4O4/c1-9-11(17(20)21)12(16(4)15-9)14-8-7-13(2,3)6-5-10(18)19/h14H,5-8H2,1-4H3,(H,18,19). The molecule has 118 valence electrons. The predicted octanol–water partition coefficient (Wildman–Crippen LogP) is 2.33. The van der Waals surface area contributed by atoms with Gasteiger partial charge in [0.15, 0.2) is 0 Å². The third-order valence-corrected chi connectivity index (χ3v) is 3.48. The molecule has 0 aliphatic heterocycles. The van der Waals surface area contributed by atoms with Gasteiger partial charge in [-0.25, -0.2) is 4.68 Å². The maximum atomic E-state index is 11.0. The molecule has 8 nitrogen and oxygen atoms in total. The van der Waals surface area contributed by atoms with E-state index in [1.54, 1.807) is 14.0 Å². The quantitative estimate of drug-likeness (QED) is 0.563. The molecule has 1 rings (SSSR count). The number of hydrogen-bond donors (Lipinski definition) is 2. The van der Waals surface area contributed by atoms with E-state index in [-0.39, 0.29) is 17.5 Å². The first-order valence-electron chi connectivity index (χ1n) is 6.78. The summed E-state index contributed by atoms with van der Waals surface area (Å²) < 4.78 is 1.46. The van der Waals surface area contributed by atoms with Crippen molar-refractivity contribution in [2.24, 2.45) is 12.5 Å². The molecule has 0 saturated heterocycles. The van der Waals surface area contributed by atoms with Gasteiger partial charge in [0.2, 0.25) is 5.82 Å². The number of rotatable bonds is 8. The summed E-state index contributed by atoms with van der Waals surface area (Å²) in [5.41, 5.74) is 0.212. The first kappa shape index (κ1) is 16.9. The molecule has 0 saturated carbocycles. The number of aromatic nitrogens is 2. The number of carbonyl (C=O) groups is 1. The molecule has 0 atom stereocenters. The van der Waals surface area contributed by atoms with Gasteiger partial charge in [0.1, 0.15) is 5.69 Å². The second-order valence-corrected chi connectivity index (χ2v) is 5.90. The Morgan fingerprint density at radius 3 is 2.62 bits per heavy atom. The van der Waals surface area contributed by atoms with Gasteiger partial charge in [-0.1, -0.05) is 13.8 Å². The number of anilines is 1. The van der Waals surface area contributed by atoms with Crippen LogP contribution in [0.15, 0.2) is 0 Å². The molecule has 0 fully saturated rings. The first-order chi connectivity index (χ1) is 9.64. The number of nitro groups is 1. The van der Waals surface area contributed by atoms with Crippen molar-refractivity contribution in [2.75, 3.05) is 11.9 Å². The Balaban J connectivity index is 2.64. The van der Waals surface area contributed by atoms with E-state index < -0.39 is 10.9 Å². The lowest BCUT2D eigenvalue weighted by Gasteiger charge is -2.23. The topological polar surface area (TPSA) is 110 Å². The number of carboxylic acids is 1. The minimum absolute atomic E-state index is 0.0131. The molecule has 0 aromatic carbocycles. The Kier molecular flexibility index (Phi) is 5.28. The Labute approximate surface area is 123 Å². The van der Waals surface area contributed by atoms with Gasteiger partial charge < -0.3 is 10.4 Å². The highest BCUT2D eigenvalue weighted by atomic mass is 16.6. The van der Waals surface area contributed by atoms with Crippen molar-refractivity contribution >= 4 is 17.5 Å². The molecule has 0 aliphatic rings. The third-order valence-electron chi connectivity index (χ3n) is 3.48. The Morgan fingerprint density at radius 2 is 2.10 bits per heavy atom. The number of carboxylic acid groups (broad SMARTS) is 1. The summed E-state index contributed by atoms with van der Waals surface area (Å²) in [4.78, 5) is 21.2. The van der Waals surface area contributed by atoms with Gasteiger partial charge in [-0.3, -0.25) is 14.9 Å². The largest absolute Gasteiger partial charge is 0.481 e. The summed E-state index contributed by atoms with van der Waals surface area (Å²) >= 11 is 0. The molecule has 0 bridgehead atoms. The summed E-state index contributed by atoms with van der Waals surface area (Å²) in [5.74, 6) is -0.430. The van der Waals surface area contributed by atoms with Gasteiger partial charge in [-0.05, 0) is 25.2 Å². The molecular formula is C13H22N4O4. The van der Waals surface area contributed by atoms with E-state index in [9.17, 15) is 14.9 Å². The van der Waals surface area contributed by atoms with Crippen LogP contribution in [0, 0.1) is 22.5 Å².